The lowest BCUT2D eigenvalue weighted by molar-refractivity contribution is 0.221. The second-order valence-corrected chi connectivity index (χ2v) is 17.2. The summed E-state index contributed by atoms with van der Waals surface area (Å²) < 4.78 is 46.7. The molecule has 2 aromatic rings. The summed E-state index contributed by atoms with van der Waals surface area (Å²) >= 11 is 1.34. The summed E-state index contributed by atoms with van der Waals surface area (Å²) in [5.41, 5.74) is 1.41. The Hall–Kier alpha value is -1.58. The van der Waals surface area contributed by atoms with E-state index >= 15 is 0 Å². The number of aromatic nitrogens is 2. The fraction of sp³-hybridized carbons (Fsp3) is 0.742. The Labute approximate surface area is 247 Å². The number of halogens is 1. The zero-order chi connectivity index (χ0) is 29.7. The standard InChI is InChI=1S/C31H51FN4O2S2/c1-23(20-30(3,4)5)9-12-26(24(2)21-31(6,7)8)22-40(37,38)36-17-15-35(16-18-36)29-33-28(34-39-29)19-25-10-13-27(32)14-11-25/h10-11,13-14,23-24,26H,9,12,15-22H2,1-8H3. The smallest absolute Gasteiger partial charge is 0.214 e. The first-order chi connectivity index (χ1) is 18.5. The van der Waals surface area contributed by atoms with Crippen LogP contribution in [0.1, 0.15) is 92.5 Å². The van der Waals surface area contributed by atoms with Crippen molar-refractivity contribution >= 4 is 26.7 Å². The van der Waals surface area contributed by atoms with Gasteiger partial charge in [0, 0.05) is 44.1 Å². The molecule has 3 unspecified atom stereocenters. The molecule has 0 bridgehead atoms. The molecule has 3 rings (SSSR count). The summed E-state index contributed by atoms with van der Waals surface area (Å²) in [6, 6.07) is 6.40. The second-order valence-electron chi connectivity index (χ2n) is 14.4. The molecule has 0 N–H and O–H groups in total. The van der Waals surface area contributed by atoms with Crippen molar-refractivity contribution in [2.45, 2.75) is 87.5 Å². The van der Waals surface area contributed by atoms with Crippen LogP contribution in [-0.4, -0.2) is 54.0 Å². The Morgan fingerprint density at radius 2 is 1.52 bits per heavy atom. The monoisotopic (exact) mass is 594 g/mol. The zero-order valence-electron chi connectivity index (χ0n) is 25.9. The molecule has 0 aliphatic carbocycles. The predicted octanol–water partition coefficient (Wildman–Crippen LogP) is 7.26. The van der Waals surface area contributed by atoms with Crippen LogP contribution < -0.4 is 4.90 Å². The van der Waals surface area contributed by atoms with E-state index in [9.17, 15) is 12.8 Å². The maximum atomic E-state index is 13.7. The van der Waals surface area contributed by atoms with Crippen molar-refractivity contribution in [3.8, 4) is 0 Å². The molecule has 0 radical (unpaired) electrons. The van der Waals surface area contributed by atoms with Crippen LogP contribution in [0.25, 0.3) is 0 Å². The molecule has 1 aromatic carbocycles. The van der Waals surface area contributed by atoms with Gasteiger partial charge in [0.1, 0.15) is 11.6 Å². The van der Waals surface area contributed by atoms with Gasteiger partial charge in [-0.1, -0.05) is 73.9 Å². The Kier molecular flexibility index (Phi) is 11.2. The minimum Gasteiger partial charge on any atom is -0.344 e. The molecule has 2 heterocycles. The van der Waals surface area contributed by atoms with Crippen molar-refractivity contribution < 1.29 is 12.8 Å². The summed E-state index contributed by atoms with van der Waals surface area (Å²) in [6.45, 7) is 20.3. The van der Waals surface area contributed by atoms with Crippen molar-refractivity contribution in [2.75, 3.05) is 36.8 Å². The maximum Gasteiger partial charge on any atom is 0.214 e. The fourth-order valence-electron chi connectivity index (χ4n) is 6.07. The first-order valence-corrected chi connectivity index (χ1v) is 17.2. The van der Waals surface area contributed by atoms with Gasteiger partial charge in [-0.25, -0.2) is 17.8 Å². The SMILES string of the molecule is CC(CCC(CS(=O)(=O)N1CCN(c2nc(Cc3ccc(F)cc3)ns2)CC1)C(C)CC(C)(C)C)CC(C)(C)C. The van der Waals surface area contributed by atoms with E-state index in [1.807, 2.05) is 0 Å². The number of rotatable bonds is 12. The molecule has 1 aliphatic rings. The van der Waals surface area contributed by atoms with E-state index < -0.39 is 10.0 Å². The lowest BCUT2D eigenvalue weighted by Crippen LogP contribution is -2.50. The van der Waals surface area contributed by atoms with Crippen molar-refractivity contribution in [1.82, 2.24) is 13.7 Å². The Bertz CT molecular complexity index is 1160. The minimum atomic E-state index is -3.37. The highest BCUT2D eigenvalue weighted by Gasteiger charge is 2.33. The molecule has 1 aliphatic heterocycles. The number of nitrogens with zero attached hydrogens (tertiary/aromatic N) is 4. The van der Waals surface area contributed by atoms with Gasteiger partial charge < -0.3 is 4.90 Å². The third kappa shape index (κ3) is 10.7. The third-order valence-electron chi connectivity index (χ3n) is 7.79. The Morgan fingerprint density at radius 3 is 2.10 bits per heavy atom. The lowest BCUT2D eigenvalue weighted by atomic mass is 9.77. The first kappa shape index (κ1) is 32.9. The number of hydrogen-bond acceptors (Lipinski definition) is 6. The van der Waals surface area contributed by atoms with Crippen molar-refractivity contribution in [3.63, 3.8) is 0 Å². The van der Waals surface area contributed by atoms with Crippen LogP contribution in [0.3, 0.4) is 0 Å². The van der Waals surface area contributed by atoms with Crippen molar-refractivity contribution in [2.24, 2.45) is 28.6 Å². The Balaban J connectivity index is 1.59. The van der Waals surface area contributed by atoms with Gasteiger partial charge in [-0.05, 0) is 65.5 Å². The van der Waals surface area contributed by atoms with E-state index in [2.05, 4.69) is 69.6 Å². The normalized spacial score (nSPS) is 18.1. The molecule has 3 atom stereocenters. The molecule has 1 fully saturated rings. The molecule has 6 nitrogen and oxygen atoms in total. The van der Waals surface area contributed by atoms with Gasteiger partial charge >= 0.3 is 0 Å². The summed E-state index contributed by atoms with van der Waals surface area (Å²) in [6.07, 6.45) is 4.74. The van der Waals surface area contributed by atoms with Crippen molar-refractivity contribution in [1.29, 1.82) is 0 Å². The molecular weight excluding hydrogens is 543 g/mol. The molecular formula is C31H51FN4O2S2. The Morgan fingerprint density at radius 1 is 0.925 bits per heavy atom. The van der Waals surface area contributed by atoms with Crippen molar-refractivity contribution in [3.05, 3.63) is 41.5 Å². The average molecular weight is 595 g/mol. The maximum absolute atomic E-state index is 13.7. The zero-order valence-corrected chi connectivity index (χ0v) is 27.5. The van der Waals surface area contributed by atoms with E-state index in [-0.39, 0.29) is 28.3 Å². The van der Waals surface area contributed by atoms with E-state index in [4.69, 9.17) is 0 Å². The second kappa shape index (κ2) is 13.6. The summed E-state index contributed by atoms with van der Waals surface area (Å²) in [5.74, 6) is 1.76. The highest BCUT2D eigenvalue weighted by molar-refractivity contribution is 7.89. The number of hydrogen-bond donors (Lipinski definition) is 0. The molecule has 0 saturated carbocycles. The van der Waals surface area contributed by atoms with Gasteiger partial charge in [0.2, 0.25) is 15.2 Å². The number of piperazine rings is 1. The summed E-state index contributed by atoms with van der Waals surface area (Å²) in [4.78, 5) is 6.81. The predicted molar refractivity (Wildman–Crippen MR) is 166 cm³/mol. The van der Waals surface area contributed by atoms with E-state index in [1.165, 1.54) is 23.7 Å². The lowest BCUT2D eigenvalue weighted by Gasteiger charge is -2.36. The molecule has 9 heteroatoms. The van der Waals surface area contributed by atoms with Crippen LogP contribution in [0.4, 0.5) is 9.52 Å². The molecule has 1 aromatic heterocycles. The van der Waals surface area contributed by atoms with Crippen LogP contribution in [0.15, 0.2) is 24.3 Å². The summed E-state index contributed by atoms with van der Waals surface area (Å²) in [5, 5.41) is 0.818. The topological polar surface area (TPSA) is 66.4 Å². The van der Waals surface area contributed by atoms with Crippen LogP contribution in [-0.2, 0) is 16.4 Å². The molecule has 0 spiro atoms. The summed E-state index contributed by atoms with van der Waals surface area (Å²) in [7, 11) is -3.37. The average Bonchev–Trinajstić information content (AvgIpc) is 3.29. The van der Waals surface area contributed by atoms with Crippen LogP contribution in [0.2, 0.25) is 0 Å². The quantitative estimate of drug-likeness (QED) is 0.259. The highest BCUT2D eigenvalue weighted by Crippen LogP contribution is 2.35. The van der Waals surface area contributed by atoms with Gasteiger partial charge in [-0.15, -0.1) is 0 Å². The number of benzene rings is 1. The molecule has 1 saturated heterocycles. The van der Waals surface area contributed by atoms with E-state index in [0.29, 0.717) is 50.3 Å². The van der Waals surface area contributed by atoms with Gasteiger partial charge in [0.05, 0.1) is 5.75 Å². The number of sulfonamides is 1. The first-order valence-electron chi connectivity index (χ1n) is 14.8. The van der Waals surface area contributed by atoms with Crippen LogP contribution in [0, 0.1) is 34.4 Å². The molecule has 226 valence electrons. The van der Waals surface area contributed by atoms with Gasteiger partial charge in [-0.3, -0.25) is 0 Å². The van der Waals surface area contributed by atoms with Crippen LogP contribution in [0.5, 0.6) is 0 Å². The number of anilines is 1. The van der Waals surface area contributed by atoms with Crippen LogP contribution >= 0.6 is 11.5 Å². The van der Waals surface area contributed by atoms with Gasteiger partial charge in [-0.2, -0.15) is 8.68 Å². The minimum absolute atomic E-state index is 0.154. The van der Waals surface area contributed by atoms with Gasteiger partial charge in [0.15, 0.2) is 0 Å². The fourth-order valence-corrected chi connectivity index (χ4v) is 8.78. The molecule has 40 heavy (non-hydrogen) atoms. The third-order valence-corrected chi connectivity index (χ3v) is 10.6. The van der Waals surface area contributed by atoms with E-state index in [1.54, 1.807) is 16.4 Å². The highest BCUT2D eigenvalue weighted by atomic mass is 32.2. The van der Waals surface area contributed by atoms with Gasteiger partial charge in [0.25, 0.3) is 0 Å². The largest absolute Gasteiger partial charge is 0.344 e. The molecule has 0 amide bonds. The van der Waals surface area contributed by atoms with E-state index in [0.717, 1.165) is 36.4 Å².